The molecule has 0 N–H and O–H groups in total. The number of aromatic nitrogens is 4. The molecule has 34 heavy (non-hydrogen) atoms. The lowest BCUT2D eigenvalue weighted by molar-refractivity contribution is -0.122. The van der Waals surface area contributed by atoms with Crippen LogP contribution in [0, 0.1) is 5.92 Å². The second kappa shape index (κ2) is 9.99. The van der Waals surface area contributed by atoms with E-state index >= 15 is 0 Å². The van der Waals surface area contributed by atoms with Crippen molar-refractivity contribution in [2.24, 2.45) is 5.92 Å². The van der Waals surface area contributed by atoms with E-state index in [1.54, 1.807) is 6.33 Å². The Balaban J connectivity index is 1.41. The first-order valence-electron chi connectivity index (χ1n) is 12.7. The maximum Gasteiger partial charge on any atom is 0.231 e. The average Bonchev–Trinajstić information content (AvgIpc) is 3.06. The SMILES string of the molecule is CCOc1ccccc1N(CC)C(=O)[C@@H]1CCCN(c2ncnc3c2nc2n3CCCCC2)C1. The third kappa shape index (κ3) is 4.21. The van der Waals surface area contributed by atoms with Crippen LogP contribution in [-0.4, -0.2) is 51.7 Å². The molecule has 1 aromatic carbocycles. The molecule has 4 heterocycles. The first kappa shape index (κ1) is 22.6. The van der Waals surface area contributed by atoms with Gasteiger partial charge in [0, 0.05) is 32.6 Å². The summed E-state index contributed by atoms with van der Waals surface area (Å²) in [6.45, 7) is 7.64. The molecule has 2 aromatic heterocycles. The van der Waals surface area contributed by atoms with E-state index in [1.165, 1.54) is 12.8 Å². The van der Waals surface area contributed by atoms with Crippen molar-refractivity contribution in [1.29, 1.82) is 0 Å². The smallest absolute Gasteiger partial charge is 0.231 e. The fourth-order valence-electron chi connectivity index (χ4n) is 5.35. The maximum atomic E-state index is 13.7. The molecule has 2 aliphatic rings. The highest BCUT2D eigenvalue weighted by Crippen LogP contribution is 2.33. The molecule has 1 saturated heterocycles. The molecule has 0 aliphatic carbocycles. The lowest BCUT2D eigenvalue weighted by Crippen LogP contribution is -2.45. The standard InChI is InChI=1S/C26H34N6O2/c1-3-31(20-12-7-8-13-21(20)34-4-2)26(33)19-11-10-15-30(17-19)24-23-25(28-18-27-24)32-16-9-5-6-14-22(32)29-23/h7-8,12-13,18-19H,3-6,9-11,14-17H2,1-2H3/t19-/m1/s1. The quantitative estimate of drug-likeness (QED) is 0.546. The monoisotopic (exact) mass is 462 g/mol. The number of ether oxygens (including phenoxy) is 1. The lowest BCUT2D eigenvalue weighted by Gasteiger charge is -2.35. The highest BCUT2D eigenvalue weighted by molar-refractivity contribution is 5.97. The Kier molecular flexibility index (Phi) is 6.65. The van der Waals surface area contributed by atoms with Crippen molar-refractivity contribution in [3.63, 3.8) is 0 Å². The van der Waals surface area contributed by atoms with Gasteiger partial charge < -0.3 is 19.1 Å². The van der Waals surface area contributed by atoms with Gasteiger partial charge in [-0.25, -0.2) is 15.0 Å². The van der Waals surface area contributed by atoms with Crippen LogP contribution in [0.1, 0.15) is 51.8 Å². The topological polar surface area (TPSA) is 76.4 Å². The Labute approximate surface area is 201 Å². The van der Waals surface area contributed by atoms with Crippen LogP contribution in [-0.2, 0) is 17.8 Å². The normalized spacial score (nSPS) is 18.4. The van der Waals surface area contributed by atoms with Crippen molar-refractivity contribution in [3.05, 3.63) is 36.4 Å². The Morgan fingerprint density at radius 1 is 1.12 bits per heavy atom. The van der Waals surface area contributed by atoms with Crippen LogP contribution in [0.15, 0.2) is 30.6 Å². The van der Waals surface area contributed by atoms with Gasteiger partial charge in [-0.3, -0.25) is 4.79 Å². The van der Waals surface area contributed by atoms with Crippen LogP contribution in [0.25, 0.3) is 11.2 Å². The first-order valence-corrected chi connectivity index (χ1v) is 12.7. The highest BCUT2D eigenvalue weighted by atomic mass is 16.5. The van der Waals surface area contributed by atoms with Crippen molar-refractivity contribution < 1.29 is 9.53 Å². The molecular formula is C26H34N6O2. The Morgan fingerprint density at radius 2 is 2.00 bits per heavy atom. The number of carbonyl (C=O) groups excluding carboxylic acids is 1. The van der Waals surface area contributed by atoms with Crippen molar-refractivity contribution in [2.75, 3.05) is 36.0 Å². The number of carbonyl (C=O) groups is 1. The summed E-state index contributed by atoms with van der Waals surface area (Å²) in [5.41, 5.74) is 2.65. The van der Waals surface area contributed by atoms with E-state index < -0.39 is 0 Å². The molecule has 8 heteroatoms. The van der Waals surface area contributed by atoms with Gasteiger partial charge in [0.1, 0.15) is 17.9 Å². The van der Waals surface area contributed by atoms with Crippen molar-refractivity contribution >= 4 is 28.6 Å². The van der Waals surface area contributed by atoms with Gasteiger partial charge in [-0.1, -0.05) is 18.6 Å². The number of nitrogens with zero attached hydrogens (tertiary/aromatic N) is 6. The fraction of sp³-hybridized carbons (Fsp3) is 0.538. The minimum absolute atomic E-state index is 0.103. The number of hydrogen-bond donors (Lipinski definition) is 0. The van der Waals surface area contributed by atoms with E-state index in [4.69, 9.17) is 9.72 Å². The third-order valence-electron chi connectivity index (χ3n) is 6.98. The maximum absolute atomic E-state index is 13.7. The summed E-state index contributed by atoms with van der Waals surface area (Å²) >= 11 is 0. The second-order valence-corrected chi connectivity index (χ2v) is 9.13. The molecule has 2 aliphatic heterocycles. The molecule has 0 unspecified atom stereocenters. The summed E-state index contributed by atoms with van der Waals surface area (Å²) < 4.78 is 8.08. The zero-order chi connectivity index (χ0) is 23.5. The number of fused-ring (bicyclic) bond motifs is 3. The van der Waals surface area contributed by atoms with Gasteiger partial charge >= 0.3 is 0 Å². The molecule has 8 nitrogen and oxygen atoms in total. The van der Waals surface area contributed by atoms with E-state index in [-0.39, 0.29) is 11.8 Å². The molecule has 1 amide bonds. The highest BCUT2D eigenvalue weighted by Gasteiger charge is 2.32. The fourth-order valence-corrected chi connectivity index (χ4v) is 5.35. The zero-order valence-corrected chi connectivity index (χ0v) is 20.2. The molecule has 1 atom stereocenters. The summed E-state index contributed by atoms with van der Waals surface area (Å²) in [5, 5.41) is 0. The number of hydrogen-bond acceptors (Lipinski definition) is 6. The third-order valence-corrected chi connectivity index (χ3v) is 6.98. The summed E-state index contributed by atoms with van der Waals surface area (Å²) in [4.78, 5) is 32.0. The first-order chi connectivity index (χ1) is 16.7. The molecule has 0 bridgehead atoms. The van der Waals surface area contributed by atoms with Gasteiger partial charge in [0.25, 0.3) is 0 Å². The van der Waals surface area contributed by atoms with E-state index in [0.717, 1.165) is 73.0 Å². The summed E-state index contributed by atoms with van der Waals surface area (Å²) in [5.74, 6) is 2.77. The van der Waals surface area contributed by atoms with E-state index in [1.807, 2.05) is 43.0 Å². The summed E-state index contributed by atoms with van der Waals surface area (Å²) in [6, 6.07) is 7.81. The number of para-hydroxylation sites is 2. The molecule has 0 radical (unpaired) electrons. The Bertz CT molecular complexity index is 1160. The molecular weight excluding hydrogens is 428 g/mol. The zero-order valence-electron chi connectivity index (χ0n) is 20.2. The largest absolute Gasteiger partial charge is 0.492 e. The Hall–Kier alpha value is -3.16. The van der Waals surface area contributed by atoms with Crippen LogP contribution >= 0.6 is 0 Å². The minimum atomic E-state index is -0.103. The van der Waals surface area contributed by atoms with Gasteiger partial charge in [0.2, 0.25) is 5.91 Å². The molecule has 180 valence electrons. The molecule has 1 fully saturated rings. The molecule has 5 rings (SSSR count). The van der Waals surface area contributed by atoms with Crippen LogP contribution in [0.2, 0.25) is 0 Å². The van der Waals surface area contributed by atoms with Crippen LogP contribution in [0.4, 0.5) is 11.5 Å². The van der Waals surface area contributed by atoms with E-state index in [0.29, 0.717) is 19.7 Å². The van der Waals surface area contributed by atoms with Crippen LogP contribution in [0.5, 0.6) is 5.75 Å². The van der Waals surface area contributed by atoms with Gasteiger partial charge in [-0.05, 0) is 51.7 Å². The van der Waals surface area contributed by atoms with Gasteiger partial charge in [-0.2, -0.15) is 0 Å². The average molecular weight is 463 g/mol. The number of piperidine rings is 1. The van der Waals surface area contributed by atoms with Gasteiger partial charge in [-0.15, -0.1) is 0 Å². The van der Waals surface area contributed by atoms with Crippen molar-refractivity contribution in [3.8, 4) is 5.75 Å². The number of benzene rings is 1. The van der Waals surface area contributed by atoms with Crippen LogP contribution in [0.3, 0.4) is 0 Å². The Morgan fingerprint density at radius 3 is 2.85 bits per heavy atom. The van der Waals surface area contributed by atoms with E-state index in [2.05, 4.69) is 19.4 Å². The number of imidazole rings is 1. The number of anilines is 2. The minimum Gasteiger partial charge on any atom is -0.492 e. The lowest BCUT2D eigenvalue weighted by atomic mass is 9.96. The predicted molar refractivity (Wildman–Crippen MR) is 133 cm³/mol. The molecule has 0 saturated carbocycles. The molecule has 3 aromatic rings. The number of rotatable bonds is 6. The predicted octanol–water partition coefficient (Wildman–Crippen LogP) is 4.22. The molecule has 0 spiro atoms. The van der Waals surface area contributed by atoms with E-state index in [9.17, 15) is 4.79 Å². The second-order valence-electron chi connectivity index (χ2n) is 9.13. The summed E-state index contributed by atoms with van der Waals surface area (Å²) in [7, 11) is 0. The number of aryl methyl sites for hydroxylation is 2. The van der Waals surface area contributed by atoms with Gasteiger partial charge in [0.15, 0.2) is 17.0 Å². The van der Waals surface area contributed by atoms with Crippen molar-refractivity contribution in [2.45, 2.75) is 58.9 Å². The number of amides is 1. The van der Waals surface area contributed by atoms with Crippen LogP contribution < -0.4 is 14.5 Å². The van der Waals surface area contributed by atoms with Crippen molar-refractivity contribution in [1.82, 2.24) is 19.5 Å². The van der Waals surface area contributed by atoms with Gasteiger partial charge in [0.05, 0.1) is 18.2 Å². The summed E-state index contributed by atoms with van der Waals surface area (Å²) in [6.07, 6.45) is 8.02.